The fourth-order valence-electron chi connectivity index (χ4n) is 1.79. The van der Waals surface area contributed by atoms with Crippen molar-refractivity contribution in [3.63, 3.8) is 0 Å². The molecule has 0 aromatic carbocycles. The molecular weight excluding hydrogens is 224 g/mol. The Balaban J connectivity index is 2.45. The minimum atomic E-state index is -1.01. The van der Waals surface area contributed by atoms with Gasteiger partial charge in [-0.1, -0.05) is 32.1 Å². The van der Waals surface area contributed by atoms with Crippen LogP contribution in [0.2, 0.25) is 0 Å². The number of unbranched alkanes of at least 4 members (excludes halogenated alkanes) is 4. The summed E-state index contributed by atoms with van der Waals surface area (Å²) >= 11 is 0. The molecule has 1 N–H and O–H groups in total. The van der Waals surface area contributed by atoms with E-state index in [9.17, 15) is 5.11 Å². The fraction of sp³-hybridized carbons (Fsp3) is 0.625. The van der Waals surface area contributed by atoms with Crippen LogP contribution in [0.1, 0.15) is 58.6 Å². The highest BCUT2D eigenvalue weighted by Crippen LogP contribution is 2.28. The Morgan fingerprint density at radius 3 is 2.78 bits per heavy atom. The van der Waals surface area contributed by atoms with E-state index in [1.807, 2.05) is 6.92 Å². The van der Waals surface area contributed by atoms with Crippen LogP contribution in [0.25, 0.3) is 0 Å². The van der Waals surface area contributed by atoms with Gasteiger partial charge in [-0.25, -0.2) is 0 Å². The normalized spacial score (nSPS) is 15.6. The first-order valence-corrected chi connectivity index (χ1v) is 6.83. The first-order valence-electron chi connectivity index (χ1n) is 6.83. The molecule has 18 heavy (non-hydrogen) atoms. The van der Waals surface area contributed by atoms with Gasteiger partial charge < -0.3 is 9.52 Å². The second-order valence-corrected chi connectivity index (χ2v) is 4.98. The van der Waals surface area contributed by atoms with E-state index in [1.165, 1.54) is 19.3 Å². The molecule has 2 atom stereocenters. The lowest BCUT2D eigenvalue weighted by Crippen LogP contribution is -2.28. The van der Waals surface area contributed by atoms with Gasteiger partial charge in [0.05, 0.1) is 12.2 Å². The van der Waals surface area contributed by atoms with Gasteiger partial charge in [0.25, 0.3) is 0 Å². The summed E-state index contributed by atoms with van der Waals surface area (Å²) in [7, 11) is 0. The first kappa shape index (κ1) is 14.9. The average molecular weight is 248 g/mol. The Kier molecular flexibility index (Phi) is 6.01. The summed E-state index contributed by atoms with van der Waals surface area (Å²) in [6, 6.07) is 3.58. The average Bonchev–Trinajstić information content (AvgIpc) is 2.87. The molecule has 0 spiro atoms. The number of rotatable bonds is 6. The van der Waals surface area contributed by atoms with E-state index < -0.39 is 5.60 Å². The van der Waals surface area contributed by atoms with Gasteiger partial charge in [0.2, 0.25) is 0 Å². The third-order valence-corrected chi connectivity index (χ3v) is 3.34. The van der Waals surface area contributed by atoms with Crippen molar-refractivity contribution in [2.45, 2.75) is 58.5 Å². The Morgan fingerprint density at radius 1 is 1.39 bits per heavy atom. The van der Waals surface area contributed by atoms with E-state index in [2.05, 4.69) is 18.8 Å². The molecule has 1 rings (SSSR count). The molecule has 0 saturated carbocycles. The quantitative estimate of drug-likeness (QED) is 0.607. The first-order chi connectivity index (χ1) is 8.59. The molecule has 1 heterocycles. The second kappa shape index (κ2) is 7.28. The summed E-state index contributed by atoms with van der Waals surface area (Å²) in [5.41, 5.74) is -1.01. The number of aliphatic hydroxyl groups is 1. The van der Waals surface area contributed by atoms with E-state index in [0.29, 0.717) is 5.76 Å². The van der Waals surface area contributed by atoms with E-state index in [4.69, 9.17) is 4.42 Å². The largest absolute Gasteiger partial charge is 0.466 e. The Hall–Kier alpha value is -1.20. The van der Waals surface area contributed by atoms with Crippen molar-refractivity contribution in [2.75, 3.05) is 0 Å². The third-order valence-electron chi connectivity index (χ3n) is 3.34. The fourth-order valence-corrected chi connectivity index (χ4v) is 1.79. The van der Waals surface area contributed by atoms with Gasteiger partial charge in [-0.2, -0.15) is 0 Å². The maximum atomic E-state index is 10.4. The van der Waals surface area contributed by atoms with Crippen molar-refractivity contribution in [3.8, 4) is 11.8 Å². The van der Waals surface area contributed by atoms with Crippen LogP contribution in [0.4, 0.5) is 0 Å². The molecule has 0 aliphatic heterocycles. The van der Waals surface area contributed by atoms with Crippen LogP contribution in [0, 0.1) is 17.8 Å². The summed E-state index contributed by atoms with van der Waals surface area (Å²) in [6.45, 7) is 5.89. The zero-order chi connectivity index (χ0) is 13.4. The van der Waals surface area contributed by atoms with Gasteiger partial charge in [0.1, 0.15) is 11.4 Å². The van der Waals surface area contributed by atoms with E-state index in [1.54, 1.807) is 25.3 Å². The lowest BCUT2D eigenvalue weighted by molar-refractivity contribution is 0.00276. The topological polar surface area (TPSA) is 33.4 Å². The molecule has 1 aromatic heterocycles. The predicted molar refractivity (Wildman–Crippen MR) is 74.0 cm³/mol. The molecule has 100 valence electrons. The minimum absolute atomic E-state index is 0.130. The summed E-state index contributed by atoms with van der Waals surface area (Å²) in [5.74, 6) is 6.74. The van der Waals surface area contributed by atoms with Crippen molar-refractivity contribution in [2.24, 2.45) is 5.92 Å². The van der Waals surface area contributed by atoms with Crippen molar-refractivity contribution in [1.29, 1.82) is 0 Å². The summed E-state index contributed by atoms with van der Waals surface area (Å²) in [4.78, 5) is 0. The summed E-state index contributed by atoms with van der Waals surface area (Å²) in [5, 5.41) is 10.4. The van der Waals surface area contributed by atoms with E-state index in [0.717, 1.165) is 12.8 Å². The van der Waals surface area contributed by atoms with Crippen LogP contribution in [0.15, 0.2) is 22.8 Å². The maximum absolute atomic E-state index is 10.4. The lowest BCUT2D eigenvalue weighted by Gasteiger charge is -2.24. The molecule has 0 amide bonds. The van der Waals surface area contributed by atoms with Crippen molar-refractivity contribution in [3.05, 3.63) is 24.2 Å². The van der Waals surface area contributed by atoms with Gasteiger partial charge in [0.15, 0.2) is 0 Å². The van der Waals surface area contributed by atoms with Crippen LogP contribution in [-0.4, -0.2) is 5.11 Å². The molecular formula is C16H24O2. The highest BCUT2D eigenvalue weighted by atomic mass is 16.4. The second-order valence-electron chi connectivity index (χ2n) is 4.98. The van der Waals surface area contributed by atoms with Gasteiger partial charge in [-0.05, 0) is 32.4 Å². The SMILES string of the molecule is CCCCCCC#CC(C)C(C)(O)c1ccco1. The number of furan rings is 1. The summed E-state index contributed by atoms with van der Waals surface area (Å²) < 4.78 is 5.26. The van der Waals surface area contributed by atoms with Crippen LogP contribution in [0.3, 0.4) is 0 Å². The van der Waals surface area contributed by atoms with E-state index >= 15 is 0 Å². The molecule has 0 aliphatic carbocycles. The molecule has 0 saturated heterocycles. The number of hydrogen-bond donors (Lipinski definition) is 1. The highest BCUT2D eigenvalue weighted by Gasteiger charge is 2.31. The minimum Gasteiger partial charge on any atom is -0.466 e. The Labute approximate surface area is 110 Å². The van der Waals surface area contributed by atoms with E-state index in [-0.39, 0.29) is 5.92 Å². The highest BCUT2D eigenvalue weighted by molar-refractivity contribution is 5.16. The molecule has 1 aromatic rings. The molecule has 0 bridgehead atoms. The molecule has 2 nitrogen and oxygen atoms in total. The van der Waals surface area contributed by atoms with Crippen LogP contribution < -0.4 is 0 Å². The Morgan fingerprint density at radius 2 is 2.17 bits per heavy atom. The number of hydrogen-bond acceptors (Lipinski definition) is 2. The third kappa shape index (κ3) is 4.23. The van der Waals surface area contributed by atoms with Crippen LogP contribution in [0.5, 0.6) is 0 Å². The molecule has 2 unspecified atom stereocenters. The van der Waals surface area contributed by atoms with Gasteiger partial charge in [-0.3, -0.25) is 0 Å². The van der Waals surface area contributed by atoms with Crippen molar-refractivity contribution in [1.82, 2.24) is 0 Å². The standard InChI is InChI=1S/C16H24O2/c1-4-5-6-7-8-9-11-14(2)16(3,17)15-12-10-13-18-15/h10,12-14,17H,4-8H2,1-3H3. The zero-order valence-electron chi connectivity index (χ0n) is 11.7. The molecule has 2 heteroatoms. The lowest BCUT2D eigenvalue weighted by atomic mass is 9.89. The zero-order valence-corrected chi connectivity index (χ0v) is 11.7. The molecule has 0 aliphatic rings. The van der Waals surface area contributed by atoms with Crippen LogP contribution in [-0.2, 0) is 5.60 Å². The maximum Gasteiger partial charge on any atom is 0.136 e. The smallest absolute Gasteiger partial charge is 0.136 e. The molecule has 0 radical (unpaired) electrons. The van der Waals surface area contributed by atoms with Gasteiger partial charge >= 0.3 is 0 Å². The van der Waals surface area contributed by atoms with Gasteiger partial charge in [0, 0.05) is 6.42 Å². The van der Waals surface area contributed by atoms with Gasteiger partial charge in [-0.15, -0.1) is 5.92 Å². The van der Waals surface area contributed by atoms with Crippen LogP contribution >= 0.6 is 0 Å². The van der Waals surface area contributed by atoms with Crippen molar-refractivity contribution >= 4 is 0 Å². The monoisotopic (exact) mass is 248 g/mol. The summed E-state index contributed by atoms with van der Waals surface area (Å²) in [6.07, 6.45) is 7.41. The van der Waals surface area contributed by atoms with Crippen molar-refractivity contribution < 1.29 is 9.52 Å². The predicted octanol–water partition coefficient (Wildman–Crippen LogP) is 4.10. The Bertz CT molecular complexity index is 379. The molecule has 0 fully saturated rings.